The van der Waals surface area contributed by atoms with Crippen LogP contribution < -0.4 is 50.4 Å². The summed E-state index contributed by atoms with van der Waals surface area (Å²) in [5.74, 6) is -3.44. The van der Waals surface area contributed by atoms with E-state index < -0.39 is 47.9 Å². The second-order valence-corrected chi connectivity index (χ2v) is 9.62. The summed E-state index contributed by atoms with van der Waals surface area (Å²) in [6, 6.07) is -4.19. The van der Waals surface area contributed by atoms with E-state index in [4.69, 9.17) is 34.4 Å². The van der Waals surface area contributed by atoms with Gasteiger partial charge >= 0.3 is 5.97 Å². The molecule has 5 unspecified atom stereocenters. The van der Waals surface area contributed by atoms with Gasteiger partial charge in [0.1, 0.15) is 18.1 Å². The van der Waals surface area contributed by atoms with E-state index in [0.717, 1.165) is 0 Å². The van der Waals surface area contributed by atoms with Crippen LogP contribution in [0.1, 0.15) is 65.2 Å². The van der Waals surface area contributed by atoms with Crippen LogP contribution in [-0.4, -0.2) is 84.5 Å². The van der Waals surface area contributed by atoms with Crippen molar-refractivity contribution < 1.29 is 24.3 Å². The highest BCUT2D eigenvalue weighted by molar-refractivity contribution is 5.94. The fourth-order valence-corrected chi connectivity index (χ4v) is 3.62. The van der Waals surface area contributed by atoms with Gasteiger partial charge in [0.15, 0.2) is 11.9 Å². The minimum atomic E-state index is -1.21. The van der Waals surface area contributed by atoms with E-state index in [1.165, 1.54) is 0 Å². The lowest BCUT2D eigenvalue weighted by molar-refractivity contribution is -0.142. The number of nitrogens with one attached hydrogen (secondary N) is 3. The van der Waals surface area contributed by atoms with Crippen LogP contribution in [0.3, 0.4) is 0 Å². The molecule has 0 aliphatic rings. The fraction of sp³-hybridized carbons (Fsp3) is 0.750. The van der Waals surface area contributed by atoms with Crippen molar-refractivity contribution in [3.63, 3.8) is 0 Å². The highest BCUT2D eigenvalue weighted by Gasteiger charge is 2.30. The van der Waals surface area contributed by atoms with E-state index in [9.17, 15) is 24.3 Å². The number of nitrogens with zero attached hydrogens (tertiary/aromatic N) is 2. The van der Waals surface area contributed by atoms with Gasteiger partial charge in [-0.3, -0.25) is 24.4 Å². The number of aliphatic imine (C=N–C) groups is 2. The number of unbranched alkanes of at least 4 members (excludes halogenated alkanes) is 1. The molecule has 3 amide bonds. The van der Waals surface area contributed by atoms with Crippen LogP contribution in [0.5, 0.6) is 0 Å². The fourth-order valence-electron chi connectivity index (χ4n) is 3.62. The molecule has 0 aliphatic carbocycles. The Kier molecular flexibility index (Phi) is 18.4. The Morgan fingerprint density at radius 1 is 0.725 bits per heavy atom. The molecule has 0 aromatic rings. The van der Waals surface area contributed by atoms with Gasteiger partial charge in [0.2, 0.25) is 17.7 Å². The number of carboxylic acids is 1. The maximum absolute atomic E-state index is 13.3. The first kappa shape index (κ1) is 36.3. The van der Waals surface area contributed by atoms with Gasteiger partial charge in [-0.15, -0.1) is 0 Å². The van der Waals surface area contributed by atoms with E-state index in [-0.39, 0.29) is 50.2 Å². The lowest BCUT2D eigenvalue weighted by Crippen LogP contribution is -2.57. The van der Waals surface area contributed by atoms with Crippen LogP contribution in [0, 0.1) is 5.92 Å². The molecule has 0 spiro atoms. The largest absolute Gasteiger partial charge is 0.480 e. The molecule has 0 aliphatic heterocycles. The van der Waals surface area contributed by atoms with Gasteiger partial charge in [0.25, 0.3) is 0 Å². The van der Waals surface area contributed by atoms with Crippen LogP contribution in [0.25, 0.3) is 0 Å². The van der Waals surface area contributed by atoms with Gasteiger partial charge < -0.3 is 55.5 Å². The van der Waals surface area contributed by atoms with E-state index >= 15 is 0 Å². The SMILES string of the molecule is CCC(C)C(N)C(=O)NC(CCCN=C(N)N)C(=O)NC(CCCN=C(N)N)C(=O)NC(CCCCN)C(=O)O. The Morgan fingerprint density at radius 3 is 1.55 bits per heavy atom. The number of carbonyl (C=O) groups excluding carboxylic acids is 3. The molecule has 0 rings (SSSR count). The maximum Gasteiger partial charge on any atom is 0.326 e. The van der Waals surface area contributed by atoms with Gasteiger partial charge in [-0.2, -0.15) is 0 Å². The molecule has 0 saturated carbocycles. The molecule has 40 heavy (non-hydrogen) atoms. The van der Waals surface area contributed by atoms with Crippen molar-refractivity contribution in [2.45, 2.75) is 89.4 Å². The van der Waals surface area contributed by atoms with Crippen molar-refractivity contribution in [1.82, 2.24) is 16.0 Å². The van der Waals surface area contributed by atoms with E-state index in [0.29, 0.717) is 38.6 Å². The first-order valence-electron chi connectivity index (χ1n) is 13.5. The van der Waals surface area contributed by atoms with E-state index in [2.05, 4.69) is 25.9 Å². The lowest BCUT2D eigenvalue weighted by Gasteiger charge is -2.26. The Balaban J connectivity index is 5.77. The van der Waals surface area contributed by atoms with Gasteiger partial charge in [-0.05, 0) is 57.4 Å². The van der Waals surface area contributed by atoms with E-state index in [1.807, 2.05) is 13.8 Å². The molecule has 5 atom stereocenters. The summed E-state index contributed by atoms with van der Waals surface area (Å²) in [7, 11) is 0. The topological polar surface area (TPSA) is 305 Å². The third-order valence-electron chi connectivity index (χ3n) is 6.28. The van der Waals surface area contributed by atoms with Crippen molar-refractivity contribution in [2.24, 2.45) is 50.3 Å². The van der Waals surface area contributed by atoms with Gasteiger partial charge in [-0.1, -0.05) is 20.3 Å². The van der Waals surface area contributed by atoms with Crippen molar-refractivity contribution >= 4 is 35.6 Å². The maximum atomic E-state index is 13.3. The normalized spacial score (nSPS) is 14.5. The number of aliphatic carboxylic acids is 1. The minimum Gasteiger partial charge on any atom is -0.480 e. The highest BCUT2D eigenvalue weighted by Crippen LogP contribution is 2.09. The Hall–Kier alpha value is -3.66. The van der Waals surface area contributed by atoms with Crippen LogP contribution in [0.2, 0.25) is 0 Å². The van der Waals surface area contributed by atoms with E-state index in [1.54, 1.807) is 0 Å². The molecule has 0 bridgehead atoms. The first-order chi connectivity index (χ1) is 18.8. The Labute approximate surface area is 235 Å². The molecule has 16 nitrogen and oxygen atoms in total. The summed E-state index contributed by atoms with van der Waals surface area (Å²) >= 11 is 0. The summed E-state index contributed by atoms with van der Waals surface area (Å²) in [6.45, 7) is 4.50. The zero-order valence-electron chi connectivity index (χ0n) is 23.6. The predicted molar refractivity (Wildman–Crippen MR) is 154 cm³/mol. The molecule has 0 fully saturated rings. The van der Waals surface area contributed by atoms with Crippen molar-refractivity contribution in [3.8, 4) is 0 Å². The van der Waals surface area contributed by atoms with Gasteiger partial charge in [0, 0.05) is 13.1 Å². The highest BCUT2D eigenvalue weighted by atomic mass is 16.4. The van der Waals surface area contributed by atoms with Gasteiger partial charge in [-0.25, -0.2) is 4.79 Å². The average Bonchev–Trinajstić information content (AvgIpc) is 2.89. The van der Waals surface area contributed by atoms with Crippen molar-refractivity contribution in [3.05, 3.63) is 0 Å². The molecular weight excluding hydrogens is 522 g/mol. The number of hydrogen-bond donors (Lipinski definition) is 10. The molecule has 16 N–H and O–H groups in total. The van der Waals surface area contributed by atoms with Crippen LogP contribution in [-0.2, 0) is 19.2 Å². The summed E-state index contributed by atoms with van der Waals surface area (Å²) in [5.41, 5.74) is 32.9. The zero-order chi connectivity index (χ0) is 30.7. The minimum absolute atomic E-state index is 0.102. The number of hydrogen-bond acceptors (Lipinski definition) is 8. The molecule has 16 heteroatoms. The standard InChI is InChI=1S/C24H49N11O5/c1-3-14(2)18(26)21(38)34-16(10-7-13-32-24(29)30)19(36)33-15(9-6-12-31-23(27)28)20(37)35-17(22(39)40)8-4-5-11-25/h14-18H,3-13,25-26H2,1-2H3,(H,33,36)(H,34,38)(H,35,37)(H,39,40)(H4,27,28,31)(H4,29,30,32). The number of rotatable bonds is 21. The average molecular weight is 572 g/mol. The smallest absolute Gasteiger partial charge is 0.326 e. The quantitative estimate of drug-likeness (QED) is 0.0379. The van der Waals surface area contributed by atoms with Crippen LogP contribution >= 0.6 is 0 Å². The second kappa shape index (κ2) is 20.3. The Morgan fingerprint density at radius 2 is 1.15 bits per heavy atom. The van der Waals surface area contributed by atoms with Crippen molar-refractivity contribution in [2.75, 3.05) is 19.6 Å². The number of nitrogens with two attached hydrogens (primary N) is 6. The molecular formula is C24H49N11O5. The van der Waals surface area contributed by atoms with Gasteiger partial charge in [0.05, 0.1) is 6.04 Å². The number of carboxylic acid groups (broad SMARTS) is 1. The third kappa shape index (κ3) is 15.7. The molecule has 0 radical (unpaired) electrons. The van der Waals surface area contributed by atoms with Crippen LogP contribution in [0.15, 0.2) is 9.98 Å². The third-order valence-corrected chi connectivity index (χ3v) is 6.28. The molecule has 0 saturated heterocycles. The molecule has 0 heterocycles. The monoisotopic (exact) mass is 571 g/mol. The summed E-state index contributed by atoms with van der Waals surface area (Å²) < 4.78 is 0. The predicted octanol–water partition coefficient (Wildman–Crippen LogP) is -2.87. The number of carbonyl (C=O) groups is 4. The zero-order valence-corrected chi connectivity index (χ0v) is 23.6. The number of guanidine groups is 2. The van der Waals surface area contributed by atoms with Crippen LogP contribution in [0.4, 0.5) is 0 Å². The molecule has 230 valence electrons. The number of amides is 3. The van der Waals surface area contributed by atoms with Crippen molar-refractivity contribution in [1.29, 1.82) is 0 Å². The summed E-state index contributed by atoms with van der Waals surface area (Å²) in [6.07, 6.45) is 2.83. The summed E-state index contributed by atoms with van der Waals surface area (Å²) in [5, 5.41) is 17.3. The molecule has 0 aromatic carbocycles. The lowest BCUT2D eigenvalue weighted by atomic mass is 9.98. The summed E-state index contributed by atoms with van der Waals surface area (Å²) in [4.78, 5) is 58.7. The molecule has 0 aromatic heterocycles. The second-order valence-electron chi connectivity index (χ2n) is 9.62. The Bertz CT molecular complexity index is 860. The first-order valence-corrected chi connectivity index (χ1v) is 13.5.